The van der Waals surface area contributed by atoms with Crippen molar-refractivity contribution in [2.24, 2.45) is 0 Å². The normalized spacial score (nSPS) is 10.7. The molecule has 0 aromatic carbocycles. The Bertz CT molecular complexity index is 836. The Labute approximate surface area is 170 Å². The highest BCUT2D eigenvalue weighted by Gasteiger charge is 2.28. The number of aromatic nitrogens is 3. The predicted octanol–water partition coefficient (Wildman–Crippen LogP) is 2.23. The van der Waals surface area contributed by atoms with Crippen molar-refractivity contribution in [3.63, 3.8) is 0 Å². The number of ether oxygens (including phenoxy) is 1. The summed E-state index contributed by atoms with van der Waals surface area (Å²) in [4.78, 5) is 35.9. The summed E-state index contributed by atoms with van der Waals surface area (Å²) in [6, 6.07) is 2.05. The van der Waals surface area contributed by atoms with Gasteiger partial charge in [0.2, 0.25) is 6.41 Å². The quantitative estimate of drug-likeness (QED) is 0.578. The summed E-state index contributed by atoms with van der Waals surface area (Å²) in [5, 5.41) is 9.07. The average Bonchev–Trinajstić information content (AvgIpc) is 3.07. The van der Waals surface area contributed by atoms with Crippen molar-refractivity contribution in [2.45, 2.75) is 39.7 Å². The van der Waals surface area contributed by atoms with E-state index in [2.05, 4.69) is 16.9 Å². The van der Waals surface area contributed by atoms with E-state index < -0.39 is 0 Å². The average molecular weight is 403 g/mol. The van der Waals surface area contributed by atoms with Gasteiger partial charge < -0.3 is 19.6 Å². The molecule has 29 heavy (non-hydrogen) atoms. The number of aryl methyl sites for hydroxylation is 1. The fourth-order valence-electron chi connectivity index (χ4n) is 2.81. The zero-order chi connectivity index (χ0) is 21.4. The molecule has 0 aliphatic heterocycles. The molecular weight excluding hydrogens is 374 g/mol. The first-order valence-electron chi connectivity index (χ1n) is 9.67. The first kappa shape index (κ1) is 22.4. The summed E-state index contributed by atoms with van der Waals surface area (Å²) in [5.41, 5.74) is 1.21. The minimum atomic E-state index is -0.289. The van der Waals surface area contributed by atoms with E-state index >= 15 is 0 Å². The molecular formula is C20H29N5O4. The number of hydrogen-bond acceptors (Lipinski definition) is 6. The largest absolute Gasteiger partial charge is 0.424 e. The molecule has 0 saturated carbocycles. The van der Waals surface area contributed by atoms with Crippen LogP contribution in [0.4, 0.5) is 5.82 Å². The molecule has 9 nitrogen and oxygen atoms in total. The van der Waals surface area contributed by atoms with E-state index in [-0.39, 0.29) is 30.0 Å². The lowest BCUT2D eigenvalue weighted by Gasteiger charge is -2.20. The lowest BCUT2D eigenvalue weighted by Crippen LogP contribution is -2.32. The number of rotatable bonds is 11. The minimum Gasteiger partial charge on any atom is -0.424 e. The zero-order valence-electron chi connectivity index (χ0n) is 17.5. The molecule has 0 saturated heterocycles. The summed E-state index contributed by atoms with van der Waals surface area (Å²) < 4.78 is 7.66. The van der Waals surface area contributed by atoms with E-state index in [1.807, 2.05) is 13.0 Å². The summed E-state index contributed by atoms with van der Waals surface area (Å²) in [6.45, 7) is 4.84. The molecule has 0 fully saturated rings. The maximum absolute atomic E-state index is 13.2. The van der Waals surface area contributed by atoms with Gasteiger partial charge in [-0.25, -0.2) is 0 Å². The van der Waals surface area contributed by atoms with Crippen molar-refractivity contribution in [1.29, 1.82) is 0 Å². The van der Waals surface area contributed by atoms with Crippen molar-refractivity contribution in [1.82, 2.24) is 19.4 Å². The monoisotopic (exact) mass is 403 g/mol. The first-order chi connectivity index (χ1) is 13.9. The zero-order valence-corrected chi connectivity index (χ0v) is 17.5. The Hall–Kier alpha value is -2.94. The molecule has 0 unspecified atom stereocenters. The maximum Gasteiger partial charge on any atom is 0.304 e. The van der Waals surface area contributed by atoms with E-state index in [0.29, 0.717) is 31.7 Å². The number of unbranched alkanes of at least 4 members (excludes halogenated alkanes) is 1. The highest BCUT2D eigenvalue weighted by atomic mass is 16.5. The molecule has 158 valence electrons. The van der Waals surface area contributed by atoms with Crippen LogP contribution >= 0.6 is 0 Å². The molecule has 2 heterocycles. The van der Waals surface area contributed by atoms with E-state index in [1.165, 1.54) is 9.80 Å². The molecule has 0 atom stereocenters. The molecule has 2 aromatic heterocycles. The Morgan fingerprint density at radius 1 is 1.31 bits per heavy atom. The van der Waals surface area contributed by atoms with Gasteiger partial charge in [0, 0.05) is 40.0 Å². The van der Waals surface area contributed by atoms with Gasteiger partial charge >= 0.3 is 6.01 Å². The number of amides is 2. The molecule has 0 aliphatic carbocycles. The number of nitrogens with zero attached hydrogens (tertiary/aromatic N) is 5. The number of anilines is 1. The van der Waals surface area contributed by atoms with Gasteiger partial charge in [0.15, 0.2) is 11.5 Å². The van der Waals surface area contributed by atoms with Crippen molar-refractivity contribution in [2.75, 3.05) is 32.1 Å². The molecule has 9 heteroatoms. The predicted molar refractivity (Wildman–Crippen MR) is 109 cm³/mol. The van der Waals surface area contributed by atoms with Crippen LogP contribution < -0.4 is 9.64 Å². The third-order valence-electron chi connectivity index (χ3n) is 4.40. The highest BCUT2D eigenvalue weighted by Crippen LogP contribution is 2.30. The highest BCUT2D eigenvalue weighted by molar-refractivity contribution is 5.99. The molecule has 0 spiro atoms. The third kappa shape index (κ3) is 5.54. The van der Waals surface area contributed by atoms with Gasteiger partial charge in [-0.2, -0.15) is 4.98 Å². The summed E-state index contributed by atoms with van der Waals surface area (Å²) in [5.74, 6) is 0.441. The Morgan fingerprint density at radius 2 is 2.07 bits per heavy atom. The van der Waals surface area contributed by atoms with Gasteiger partial charge in [-0.15, -0.1) is 0 Å². The second-order valence-corrected chi connectivity index (χ2v) is 6.89. The Balaban J connectivity index is 2.53. The van der Waals surface area contributed by atoms with E-state index in [0.717, 1.165) is 18.4 Å². The first-order valence-corrected chi connectivity index (χ1v) is 9.67. The van der Waals surface area contributed by atoms with Gasteiger partial charge in [-0.3, -0.25) is 19.1 Å². The van der Waals surface area contributed by atoms with Crippen LogP contribution in [0.25, 0.3) is 0 Å². The second-order valence-electron chi connectivity index (χ2n) is 6.89. The van der Waals surface area contributed by atoms with Gasteiger partial charge in [0.1, 0.15) is 5.75 Å². The summed E-state index contributed by atoms with van der Waals surface area (Å²) in [7, 11) is 3.20. The van der Waals surface area contributed by atoms with E-state index in [4.69, 9.17) is 9.84 Å². The van der Waals surface area contributed by atoms with Gasteiger partial charge in [0.05, 0.1) is 6.20 Å². The number of carbonyl (C=O) groups is 2. The second kappa shape index (κ2) is 10.6. The van der Waals surface area contributed by atoms with Crippen LogP contribution in [0, 0.1) is 6.92 Å². The minimum absolute atomic E-state index is 0.0114. The van der Waals surface area contributed by atoms with Crippen molar-refractivity contribution in [3.05, 3.63) is 29.7 Å². The number of aliphatic hydroxyl groups excluding tert-OH is 1. The molecule has 0 radical (unpaired) electrons. The van der Waals surface area contributed by atoms with Crippen LogP contribution in [0.5, 0.6) is 11.8 Å². The lowest BCUT2D eigenvalue weighted by molar-refractivity contribution is -0.107. The third-order valence-corrected chi connectivity index (χ3v) is 4.40. The number of carbonyl (C=O) groups excluding carboxylic acids is 2. The molecule has 2 rings (SSSR count). The van der Waals surface area contributed by atoms with Gasteiger partial charge in [-0.1, -0.05) is 13.3 Å². The van der Waals surface area contributed by atoms with E-state index in [1.54, 1.807) is 31.1 Å². The Kier molecular flexibility index (Phi) is 8.14. The van der Waals surface area contributed by atoms with Crippen LogP contribution in [0.1, 0.15) is 42.2 Å². The number of pyridine rings is 1. The molecule has 1 N–H and O–H groups in total. The number of hydrogen-bond donors (Lipinski definition) is 1. The molecule has 2 aromatic rings. The molecule has 0 bridgehead atoms. The van der Waals surface area contributed by atoms with Crippen LogP contribution in [0.3, 0.4) is 0 Å². The van der Waals surface area contributed by atoms with Crippen LogP contribution in [0.2, 0.25) is 0 Å². The topological polar surface area (TPSA) is 101 Å². The number of aliphatic hydroxyl groups is 1. The van der Waals surface area contributed by atoms with Crippen molar-refractivity contribution < 1.29 is 19.4 Å². The van der Waals surface area contributed by atoms with Crippen LogP contribution in [-0.4, -0.2) is 64.1 Å². The lowest BCUT2D eigenvalue weighted by atomic mass is 10.3. The van der Waals surface area contributed by atoms with Crippen LogP contribution in [-0.2, 0) is 11.3 Å². The SMILES string of the molecule is CCCCn1c(Oc2cncc(C)c2)nc(N(C)C=O)c1C(=O)N(C)CCCO. The summed E-state index contributed by atoms with van der Waals surface area (Å²) in [6.07, 6.45) is 6.08. The molecule has 2 amide bonds. The Morgan fingerprint density at radius 3 is 2.69 bits per heavy atom. The van der Waals surface area contributed by atoms with Crippen molar-refractivity contribution in [3.8, 4) is 11.8 Å². The number of imidazole rings is 1. The standard InChI is InChI=1S/C20H29N5O4/c1-5-6-9-25-17(19(28)23(3)8-7-10-26)18(24(4)14-27)22-20(25)29-16-11-15(2)12-21-13-16/h11-14,26H,5-10H2,1-4H3. The van der Waals surface area contributed by atoms with Crippen LogP contribution in [0.15, 0.2) is 18.5 Å². The van der Waals surface area contributed by atoms with Gasteiger partial charge in [0.25, 0.3) is 5.91 Å². The fourth-order valence-corrected chi connectivity index (χ4v) is 2.81. The van der Waals surface area contributed by atoms with Crippen molar-refractivity contribution >= 4 is 18.1 Å². The van der Waals surface area contributed by atoms with Gasteiger partial charge in [-0.05, 0) is 31.4 Å². The maximum atomic E-state index is 13.2. The van der Waals surface area contributed by atoms with E-state index in [9.17, 15) is 9.59 Å². The fraction of sp³-hybridized carbons (Fsp3) is 0.500. The molecule has 0 aliphatic rings. The summed E-state index contributed by atoms with van der Waals surface area (Å²) >= 11 is 0. The smallest absolute Gasteiger partial charge is 0.304 e.